The zero-order valence-electron chi connectivity index (χ0n) is 12.2. The Labute approximate surface area is 147 Å². The maximum Gasteiger partial charge on any atom is 0.288 e. The molecule has 0 saturated heterocycles. The van der Waals surface area contributed by atoms with Crippen molar-refractivity contribution in [3.8, 4) is 10.6 Å². The second-order valence-corrected chi connectivity index (χ2v) is 6.77. The first-order valence-corrected chi connectivity index (χ1v) is 8.18. The largest absolute Gasteiger partial charge is 0.374 e. The van der Waals surface area contributed by atoms with E-state index in [1.807, 2.05) is 0 Å². The standard InChI is InChI=1S/C14H10BrF2N5OS/c1-22-5-7(12-20-21-14(18)24-12)11(10(17)13(22)23)19-9-3-2-6(15)4-8(9)16/h2-5,19H,1H3,(H2,18,21). The molecule has 0 radical (unpaired) electrons. The zero-order valence-corrected chi connectivity index (χ0v) is 14.6. The highest BCUT2D eigenvalue weighted by Gasteiger charge is 2.20. The van der Waals surface area contributed by atoms with Crippen LogP contribution in [0.1, 0.15) is 0 Å². The molecule has 24 heavy (non-hydrogen) atoms. The van der Waals surface area contributed by atoms with E-state index < -0.39 is 17.2 Å². The number of rotatable bonds is 3. The molecule has 3 N–H and O–H groups in total. The lowest BCUT2D eigenvalue weighted by Gasteiger charge is -2.13. The van der Waals surface area contributed by atoms with Gasteiger partial charge in [0.1, 0.15) is 5.82 Å². The molecule has 3 rings (SSSR count). The highest BCUT2D eigenvalue weighted by Crippen LogP contribution is 2.34. The Morgan fingerprint density at radius 2 is 2.08 bits per heavy atom. The quantitative estimate of drug-likeness (QED) is 0.687. The number of benzene rings is 1. The number of aryl methyl sites for hydroxylation is 1. The van der Waals surface area contributed by atoms with Gasteiger partial charge in [-0.15, -0.1) is 10.2 Å². The number of nitrogens with one attached hydrogen (secondary N) is 1. The SMILES string of the molecule is Cn1cc(-c2nnc(N)s2)c(Nc2ccc(Br)cc2F)c(F)c1=O. The topological polar surface area (TPSA) is 85.8 Å². The van der Waals surface area contributed by atoms with Gasteiger partial charge in [0.05, 0.1) is 16.9 Å². The Bertz CT molecular complexity index is 988. The highest BCUT2D eigenvalue weighted by molar-refractivity contribution is 9.10. The number of aromatic nitrogens is 3. The molecule has 0 aliphatic rings. The molecule has 0 aliphatic heterocycles. The smallest absolute Gasteiger partial charge is 0.288 e. The van der Waals surface area contributed by atoms with E-state index in [1.165, 1.54) is 25.4 Å². The summed E-state index contributed by atoms with van der Waals surface area (Å²) in [7, 11) is 1.41. The number of hydrogen-bond donors (Lipinski definition) is 2. The number of nitrogen functional groups attached to an aromatic ring is 1. The molecule has 124 valence electrons. The minimum Gasteiger partial charge on any atom is -0.374 e. The number of halogens is 3. The molecule has 0 unspecified atom stereocenters. The van der Waals surface area contributed by atoms with Crippen LogP contribution in [0.25, 0.3) is 10.6 Å². The van der Waals surface area contributed by atoms with Crippen molar-refractivity contribution < 1.29 is 8.78 Å². The fourth-order valence-electron chi connectivity index (χ4n) is 2.05. The van der Waals surface area contributed by atoms with Crippen LogP contribution in [-0.4, -0.2) is 14.8 Å². The van der Waals surface area contributed by atoms with Gasteiger partial charge in [0, 0.05) is 17.7 Å². The summed E-state index contributed by atoms with van der Waals surface area (Å²) in [5.41, 5.74) is 4.80. The van der Waals surface area contributed by atoms with E-state index >= 15 is 0 Å². The molecule has 0 fully saturated rings. The molecule has 3 aromatic rings. The molecule has 1 aromatic carbocycles. The van der Waals surface area contributed by atoms with Crippen molar-refractivity contribution in [2.45, 2.75) is 0 Å². The van der Waals surface area contributed by atoms with Gasteiger partial charge >= 0.3 is 0 Å². The minimum atomic E-state index is -1.05. The average Bonchev–Trinajstić information content (AvgIpc) is 2.96. The van der Waals surface area contributed by atoms with Gasteiger partial charge in [0.25, 0.3) is 5.56 Å². The maximum atomic E-state index is 14.5. The van der Waals surface area contributed by atoms with Crippen molar-refractivity contribution in [2.75, 3.05) is 11.1 Å². The summed E-state index contributed by atoms with van der Waals surface area (Å²) in [6, 6.07) is 4.24. The molecule has 10 heteroatoms. The Hall–Kier alpha value is -2.33. The van der Waals surface area contributed by atoms with Gasteiger partial charge in [-0.25, -0.2) is 4.39 Å². The highest BCUT2D eigenvalue weighted by atomic mass is 79.9. The van der Waals surface area contributed by atoms with Crippen LogP contribution in [0.3, 0.4) is 0 Å². The minimum absolute atomic E-state index is 0.0177. The molecule has 0 bridgehead atoms. The predicted molar refractivity (Wildman–Crippen MR) is 92.3 cm³/mol. The Morgan fingerprint density at radius 1 is 1.33 bits per heavy atom. The summed E-state index contributed by atoms with van der Waals surface area (Å²) in [4.78, 5) is 11.9. The van der Waals surface area contributed by atoms with Crippen LogP contribution < -0.4 is 16.6 Å². The van der Waals surface area contributed by atoms with Gasteiger partial charge < -0.3 is 15.6 Å². The molecular formula is C14H10BrF2N5OS. The second-order valence-electron chi connectivity index (χ2n) is 4.84. The molecule has 0 aliphatic carbocycles. The molecular weight excluding hydrogens is 404 g/mol. The van der Waals surface area contributed by atoms with Crippen molar-refractivity contribution >= 4 is 43.8 Å². The first kappa shape index (κ1) is 16.5. The Balaban J connectivity index is 2.18. The predicted octanol–water partition coefficient (Wildman–Crippen LogP) is 3.27. The fraction of sp³-hybridized carbons (Fsp3) is 0.0714. The third-order valence-electron chi connectivity index (χ3n) is 3.18. The van der Waals surface area contributed by atoms with E-state index in [0.29, 0.717) is 9.48 Å². The third-order valence-corrected chi connectivity index (χ3v) is 4.46. The van der Waals surface area contributed by atoms with E-state index in [0.717, 1.165) is 15.9 Å². The van der Waals surface area contributed by atoms with Crippen molar-refractivity contribution in [3.63, 3.8) is 0 Å². The molecule has 6 nitrogen and oxygen atoms in total. The first-order chi connectivity index (χ1) is 11.4. The van der Waals surface area contributed by atoms with Crippen LogP contribution in [0, 0.1) is 11.6 Å². The van der Waals surface area contributed by atoms with Crippen molar-refractivity contribution in [2.24, 2.45) is 7.05 Å². The summed E-state index contributed by atoms with van der Waals surface area (Å²) in [5, 5.41) is 10.7. The van der Waals surface area contributed by atoms with Gasteiger partial charge in [-0.1, -0.05) is 27.3 Å². The number of nitrogens with zero attached hydrogens (tertiary/aromatic N) is 3. The lowest BCUT2D eigenvalue weighted by molar-refractivity contribution is 0.594. The van der Waals surface area contributed by atoms with Crippen LogP contribution in [0.4, 0.5) is 25.3 Å². The molecule has 2 heterocycles. The average molecular weight is 414 g/mol. The van der Waals surface area contributed by atoms with Gasteiger partial charge in [0.15, 0.2) is 5.01 Å². The molecule has 0 amide bonds. The van der Waals surface area contributed by atoms with Crippen molar-refractivity contribution in [3.05, 3.63) is 50.9 Å². The molecule has 0 spiro atoms. The zero-order chi connectivity index (χ0) is 17.4. The van der Waals surface area contributed by atoms with Crippen LogP contribution in [-0.2, 0) is 7.05 Å². The van der Waals surface area contributed by atoms with Crippen LogP contribution in [0.2, 0.25) is 0 Å². The lowest BCUT2D eigenvalue weighted by atomic mass is 10.2. The summed E-state index contributed by atoms with van der Waals surface area (Å²) in [6.45, 7) is 0. The van der Waals surface area contributed by atoms with E-state index in [9.17, 15) is 13.6 Å². The van der Waals surface area contributed by atoms with Gasteiger partial charge in [0.2, 0.25) is 10.9 Å². The normalized spacial score (nSPS) is 10.8. The van der Waals surface area contributed by atoms with E-state index in [1.54, 1.807) is 6.07 Å². The Kier molecular flexibility index (Phi) is 4.33. The second kappa shape index (κ2) is 6.29. The monoisotopic (exact) mass is 413 g/mol. The van der Waals surface area contributed by atoms with Crippen molar-refractivity contribution in [1.29, 1.82) is 0 Å². The Morgan fingerprint density at radius 3 is 2.71 bits per heavy atom. The maximum absolute atomic E-state index is 14.5. The van der Waals surface area contributed by atoms with Gasteiger partial charge in [-0.3, -0.25) is 4.79 Å². The van der Waals surface area contributed by atoms with E-state index in [4.69, 9.17) is 5.73 Å². The summed E-state index contributed by atoms with van der Waals surface area (Å²) < 4.78 is 30.2. The molecule has 2 aromatic heterocycles. The summed E-state index contributed by atoms with van der Waals surface area (Å²) >= 11 is 4.17. The van der Waals surface area contributed by atoms with Crippen molar-refractivity contribution in [1.82, 2.24) is 14.8 Å². The van der Waals surface area contributed by atoms with Gasteiger partial charge in [-0.2, -0.15) is 4.39 Å². The molecule has 0 saturated carbocycles. The third kappa shape index (κ3) is 3.02. The fourth-order valence-corrected chi connectivity index (χ4v) is 3.01. The van der Waals surface area contributed by atoms with E-state index in [2.05, 4.69) is 31.4 Å². The summed E-state index contributed by atoms with van der Waals surface area (Å²) in [6.07, 6.45) is 1.39. The summed E-state index contributed by atoms with van der Waals surface area (Å²) in [5.74, 6) is -1.65. The first-order valence-electron chi connectivity index (χ1n) is 6.57. The number of hydrogen-bond acceptors (Lipinski definition) is 6. The number of anilines is 3. The van der Waals surface area contributed by atoms with Gasteiger partial charge in [-0.05, 0) is 18.2 Å². The van der Waals surface area contributed by atoms with Crippen LogP contribution in [0.15, 0.2) is 33.7 Å². The van der Waals surface area contributed by atoms with E-state index in [-0.39, 0.29) is 22.1 Å². The van der Waals surface area contributed by atoms with Crippen LogP contribution >= 0.6 is 27.3 Å². The lowest BCUT2D eigenvalue weighted by Crippen LogP contribution is -2.22. The molecule has 0 atom stereocenters. The number of pyridine rings is 1. The number of nitrogens with two attached hydrogens (primary N) is 1. The van der Waals surface area contributed by atoms with Crippen LogP contribution in [0.5, 0.6) is 0 Å².